The Labute approximate surface area is 132 Å². The molecule has 0 aromatic rings. The van der Waals surface area contributed by atoms with Crippen molar-refractivity contribution in [3.05, 3.63) is 0 Å². The summed E-state index contributed by atoms with van der Waals surface area (Å²) in [6, 6.07) is 0.425. The van der Waals surface area contributed by atoms with Gasteiger partial charge < -0.3 is 20.1 Å². The number of rotatable bonds is 6. The fraction of sp³-hybridized carbons (Fsp3) is 0.923. The number of halogens is 1. The van der Waals surface area contributed by atoms with Crippen LogP contribution in [0.3, 0.4) is 0 Å². The summed E-state index contributed by atoms with van der Waals surface area (Å²) in [7, 11) is 0. The van der Waals surface area contributed by atoms with Gasteiger partial charge in [-0.05, 0) is 33.1 Å². The minimum absolute atomic E-state index is 0. The number of nitrogens with one attached hydrogen (secondary N) is 2. The minimum atomic E-state index is 0. The average Bonchev–Trinajstić information content (AvgIpc) is 2.97. The fourth-order valence-electron chi connectivity index (χ4n) is 2.65. The van der Waals surface area contributed by atoms with E-state index in [2.05, 4.69) is 22.5 Å². The van der Waals surface area contributed by atoms with Crippen LogP contribution < -0.4 is 10.6 Å². The molecule has 0 aromatic heterocycles. The van der Waals surface area contributed by atoms with Crippen molar-refractivity contribution in [2.24, 2.45) is 4.99 Å². The summed E-state index contributed by atoms with van der Waals surface area (Å²) in [4.78, 5) is 4.51. The van der Waals surface area contributed by atoms with Crippen molar-refractivity contribution < 1.29 is 9.47 Å². The summed E-state index contributed by atoms with van der Waals surface area (Å²) < 4.78 is 11.1. The topological polar surface area (TPSA) is 54.9 Å². The Morgan fingerprint density at radius 2 is 2.21 bits per heavy atom. The van der Waals surface area contributed by atoms with E-state index >= 15 is 0 Å². The molecule has 0 amide bonds. The van der Waals surface area contributed by atoms with Crippen LogP contribution in [0.2, 0.25) is 0 Å². The Morgan fingerprint density at radius 3 is 2.79 bits per heavy atom. The predicted octanol–water partition coefficient (Wildman–Crippen LogP) is 1.52. The first kappa shape index (κ1) is 17.0. The van der Waals surface area contributed by atoms with Crippen LogP contribution in [-0.2, 0) is 9.47 Å². The van der Waals surface area contributed by atoms with Crippen LogP contribution >= 0.6 is 24.0 Å². The first-order valence-electron chi connectivity index (χ1n) is 7.11. The van der Waals surface area contributed by atoms with E-state index in [4.69, 9.17) is 9.47 Å². The highest BCUT2D eigenvalue weighted by Crippen LogP contribution is 2.34. The highest BCUT2D eigenvalue weighted by molar-refractivity contribution is 14.0. The van der Waals surface area contributed by atoms with Crippen LogP contribution in [0, 0.1) is 0 Å². The number of hydrogen-bond acceptors (Lipinski definition) is 3. The Kier molecular flexibility index (Phi) is 8.01. The molecule has 0 spiro atoms. The van der Waals surface area contributed by atoms with E-state index in [0.717, 1.165) is 25.5 Å². The molecule has 19 heavy (non-hydrogen) atoms. The first-order chi connectivity index (χ1) is 8.83. The van der Waals surface area contributed by atoms with Gasteiger partial charge in [-0.15, -0.1) is 24.0 Å². The highest BCUT2D eigenvalue weighted by Gasteiger charge is 2.41. The smallest absolute Gasteiger partial charge is 0.191 e. The standard InChI is InChI=1S/C13H25N3O2.HI/c1-3-14-13(15-7-8-17-4-2)16-11-9-10-5-6-12(11)18-10;/h10-12H,3-9H2,1-2H3,(H2,14,15,16);1H. The molecule has 3 atom stereocenters. The maximum Gasteiger partial charge on any atom is 0.191 e. The summed E-state index contributed by atoms with van der Waals surface area (Å²) in [5.41, 5.74) is 0. The third kappa shape index (κ3) is 5.07. The van der Waals surface area contributed by atoms with Gasteiger partial charge in [-0.25, -0.2) is 0 Å². The molecule has 2 aliphatic heterocycles. The summed E-state index contributed by atoms with van der Waals surface area (Å²) in [5, 5.41) is 6.76. The first-order valence-corrected chi connectivity index (χ1v) is 7.11. The van der Waals surface area contributed by atoms with Crippen LogP contribution in [0.1, 0.15) is 33.1 Å². The van der Waals surface area contributed by atoms with Crippen LogP contribution in [0.5, 0.6) is 0 Å². The maximum absolute atomic E-state index is 5.84. The predicted molar refractivity (Wildman–Crippen MR) is 87.3 cm³/mol. The van der Waals surface area contributed by atoms with Gasteiger partial charge in [0.1, 0.15) is 0 Å². The summed E-state index contributed by atoms with van der Waals surface area (Å²) in [6.45, 7) is 7.09. The number of nitrogens with zero attached hydrogens (tertiary/aromatic N) is 1. The molecule has 0 aliphatic carbocycles. The quantitative estimate of drug-likeness (QED) is 0.316. The molecule has 2 N–H and O–H groups in total. The third-order valence-corrected chi connectivity index (χ3v) is 3.48. The van der Waals surface area contributed by atoms with E-state index in [9.17, 15) is 0 Å². The van der Waals surface area contributed by atoms with Gasteiger partial charge >= 0.3 is 0 Å². The Balaban J connectivity index is 0.00000180. The lowest BCUT2D eigenvalue weighted by molar-refractivity contribution is 0.0992. The van der Waals surface area contributed by atoms with Crippen molar-refractivity contribution >= 4 is 29.9 Å². The minimum Gasteiger partial charge on any atom is -0.380 e. The van der Waals surface area contributed by atoms with Crippen molar-refractivity contribution in [2.45, 2.75) is 51.4 Å². The normalized spacial score (nSPS) is 29.2. The second kappa shape index (κ2) is 8.97. The Bertz CT molecular complexity index is 289. The summed E-state index contributed by atoms with van der Waals surface area (Å²) in [6.07, 6.45) is 4.37. The second-order valence-electron chi connectivity index (χ2n) is 4.82. The number of hydrogen-bond donors (Lipinski definition) is 2. The van der Waals surface area contributed by atoms with Gasteiger partial charge in [-0.1, -0.05) is 0 Å². The molecule has 2 saturated heterocycles. The molecule has 2 fully saturated rings. The summed E-state index contributed by atoms with van der Waals surface area (Å²) >= 11 is 0. The van der Waals surface area contributed by atoms with Crippen molar-refractivity contribution in [3.8, 4) is 0 Å². The zero-order valence-corrected chi connectivity index (χ0v) is 14.2. The maximum atomic E-state index is 5.84. The summed E-state index contributed by atoms with van der Waals surface area (Å²) in [5.74, 6) is 0.887. The van der Waals surface area contributed by atoms with E-state index in [1.54, 1.807) is 0 Å². The fourth-order valence-corrected chi connectivity index (χ4v) is 2.65. The molecule has 2 rings (SSSR count). The molecular formula is C13H26IN3O2. The number of guanidine groups is 1. The molecule has 5 nitrogen and oxygen atoms in total. The lowest BCUT2D eigenvalue weighted by Gasteiger charge is -2.22. The molecule has 2 heterocycles. The number of ether oxygens (including phenoxy) is 2. The van der Waals surface area contributed by atoms with Crippen molar-refractivity contribution in [1.29, 1.82) is 0 Å². The zero-order chi connectivity index (χ0) is 12.8. The van der Waals surface area contributed by atoms with Gasteiger partial charge in [0.2, 0.25) is 0 Å². The monoisotopic (exact) mass is 383 g/mol. The van der Waals surface area contributed by atoms with Crippen LogP contribution in [0.25, 0.3) is 0 Å². The van der Waals surface area contributed by atoms with Gasteiger partial charge in [-0.2, -0.15) is 0 Å². The molecule has 112 valence electrons. The van der Waals surface area contributed by atoms with Crippen LogP contribution in [0.4, 0.5) is 0 Å². The molecule has 3 unspecified atom stereocenters. The average molecular weight is 383 g/mol. The molecule has 0 aromatic carbocycles. The van der Waals surface area contributed by atoms with Crippen LogP contribution in [-0.4, -0.2) is 50.5 Å². The van der Waals surface area contributed by atoms with Crippen molar-refractivity contribution in [1.82, 2.24) is 10.6 Å². The molecule has 2 aliphatic rings. The Morgan fingerprint density at radius 1 is 1.37 bits per heavy atom. The lowest BCUT2D eigenvalue weighted by Crippen LogP contribution is -2.47. The SMILES string of the molecule is CCNC(=NCCOCC)NC1CC2CCC1O2.I. The van der Waals surface area contributed by atoms with Crippen molar-refractivity contribution in [3.63, 3.8) is 0 Å². The van der Waals surface area contributed by atoms with E-state index in [1.807, 2.05) is 6.92 Å². The number of fused-ring (bicyclic) bond motifs is 2. The van der Waals surface area contributed by atoms with Gasteiger partial charge in [0.05, 0.1) is 31.4 Å². The van der Waals surface area contributed by atoms with E-state index < -0.39 is 0 Å². The van der Waals surface area contributed by atoms with Crippen LogP contribution in [0.15, 0.2) is 4.99 Å². The van der Waals surface area contributed by atoms with E-state index in [1.165, 1.54) is 12.8 Å². The third-order valence-electron chi connectivity index (χ3n) is 3.48. The number of aliphatic imine (C=N–C) groups is 1. The molecule has 0 radical (unpaired) electrons. The van der Waals surface area contributed by atoms with E-state index in [0.29, 0.717) is 31.4 Å². The molecule has 0 saturated carbocycles. The van der Waals surface area contributed by atoms with Gasteiger partial charge in [-0.3, -0.25) is 4.99 Å². The highest BCUT2D eigenvalue weighted by atomic mass is 127. The van der Waals surface area contributed by atoms with Crippen molar-refractivity contribution in [2.75, 3.05) is 26.3 Å². The zero-order valence-electron chi connectivity index (χ0n) is 11.9. The lowest BCUT2D eigenvalue weighted by atomic mass is 9.96. The van der Waals surface area contributed by atoms with Gasteiger partial charge in [0, 0.05) is 13.2 Å². The van der Waals surface area contributed by atoms with Gasteiger partial charge in [0.15, 0.2) is 5.96 Å². The Hall–Kier alpha value is -0.0800. The molecular weight excluding hydrogens is 357 g/mol. The molecule has 2 bridgehead atoms. The largest absolute Gasteiger partial charge is 0.380 e. The molecule has 6 heteroatoms. The van der Waals surface area contributed by atoms with E-state index in [-0.39, 0.29) is 24.0 Å². The van der Waals surface area contributed by atoms with Gasteiger partial charge in [0.25, 0.3) is 0 Å². The second-order valence-corrected chi connectivity index (χ2v) is 4.82.